The van der Waals surface area contributed by atoms with E-state index in [-0.39, 0.29) is 11.7 Å². The van der Waals surface area contributed by atoms with E-state index in [0.29, 0.717) is 0 Å². The summed E-state index contributed by atoms with van der Waals surface area (Å²) in [6.45, 7) is 4.76. The summed E-state index contributed by atoms with van der Waals surface area (Å²) in [6, 6.07) is 0. The van der Waals surface area contributed by atoms with Gasteiger partial charge in [0.2, 0.25) is 0 Å². The van der Waals surface area contributed by atoms with E-state index in [4.69, 9.17) is 4.74 Å². The van der Waals surface area contributed by atoms with Gasteiger partial charge in [-0.25, -0.2) is 0 Å². The first-order valence-corrected chi connectivity index (χ1v) is 4.03. The molecular weight excluding hydrogens is 128 g/mol. The molecule has 2 unspecified atom stereocenters. The molecule has 1 aliphatic heterocycles. The lowest BCUT2D eigenvalue weighted by molar-refractivity contribution is -0.203. The van der Waals surface area contributed by atoms with Gasteiger partial charge in [-0.1, -0.05) is 13.3 Å². The molecule has 2 heteroatoms. The fourth-order valence-corrected chi connectivity index (χ4v) is 1.52. The first-order chi connectivity index (χ1) is 4.71. The molecule has 1 N–H and O–H groups in total. The van der Waals surface area contributed by atoms with Crippen LogP contribution in [0.15, 0.2) is 0 Å². The highest BCUT2D eigenvalue weighted by Crippen LogP contribution is 2.34. The topological polar surface area (TPSA) is 29.5 Å². The van der Waals surface area contributed by atoms with Crippen molar-refractivity contribution in [2.45, 2.75) is 44.8 Å². The van der Waals surface area contributed by atoms with Gasteiger partial charge in [-0.2, -0.15) is 0 Å². The van der Waals surface area contributed by atoms with Gasteiger partial charge in [0.25, 0.3) is 0 Å². The van der Waals surface area contributed by atoms with Crippen molar-refractivity contribution in [1.82, 2.24) is 0 Å². The summed E-state index contributed by atoms with van der Waals surface area (Å²) in [5.74, 6) is 0. The van der Waals surface area contributed by atoms with Crippen LogP contribution in [0.5, 0.6) is 0 Å². The van der Waals surface area contributed by atoms with Crippen LogP contribution in [0.25, 0.3) is 0 Å². The van der Waals surface area contributed by atoms with E-state index in [1.807, 2.05) is 6.92 Å². The molecular formula is C8H16O2. The second-order valence-corrected chi connectivity index (χ2v) is 3.09. The number of aliphatic hydroxyl groups excluding tert-OH is 1. The largest absolute Gasteiger partial charge is 0.390 e. The number of rotatable bonds is 3. The fraction of sp³-hybridized carbons (Fsp3) is 1.00. The molecule has 1 saturated heterocycles. The minimum Gasteiger partial charge on any atom is -0.390 e. The predicted octanol–water partition coefficient (Wildman–Crippen LogP) is 1.33. The second-order valence-electron chi connectivity index (χ2n) is 3.09. The third-order valence-corrected chi connectivity index (χ3v) is 2.35. The minimum absolute atomic E-state index is 0.172. The molecule has 60 valence electrons. The van der Waals surface area contributed by atoms with Gasteiger partial charge in [0, 0.05) is 6.42 Å². The van der Waals surface area contributed by atoms with E-state index in [0.717, 1.165) is 25.9 Å². The molecule has 2 nitrogen and oxygen atoms in total. The SMILES string of the molecule is CCCC1(C(C)O)CCO1. The van der Waals surface area contributed by atoms with Gasteiger partial charge in [0.05, 0.1) is 18.3 Å². The molecule has 1 rings (SSSR count). The van der Waals surface area contributed by atoms with Crippen LogP contribution in [0.4, 0.5) is 0 Å². The zero-order valence-corrected chi connectivity index (χ0v) is 6.76. The molecule has 1 fully saturated rings. The zero-order valence-electron chi connectivity index (χ0n) is 6.76. The van der Waals surface area contributed by atoms with Crippen LogP contribution in [-0.2, 0) is 4.74 Å². The van der Waals surface area contributed by atoms with Crippen molar-refractivity contribution >= 4 is 0 Å². The van der Waals surface area contributed by atoms with E-state index in [9.17, 15) is 5.11 Å². The first-order valence-electron chi connectivity index (χ1n) is 4.03. The standard InChI is InChI=1S/C8H16O2/c1-3-4-8(7(2)9)5-6-10-8/h7,9H,3-6H2,1-2H3. The molecule has 2 atom stereocenters. The maximum absolute atomic E-state index is 9.33. The molecule has 0 amide bonds. The van der Waals surface area contributed by atoms with Crippen molar-refractivity contribution in [2.75, 3.05) is 6.61 Å². The van der Waals surface area contributed by atoms with Gasteiger partial charge >= 0.3 is 0 Å². The zero-order chi connectivity index (χ0) is 7.61. The molecule has 1 heterocycles. The van der Waals surface area contributed by atoms with Crippen molar-refractivity contribution in [3.8, 4) is 0 Å². The Balaban J connectivity index is 2.42. The number of hydrogen-bond acceptors (Lipinski definition) is 2. The Morgan fingerprint density at radius 1 is 1.70 bits per heavy atom. The maximum Gasteiger partial charge on any atom is 0.0959 e. The smallest absolute Gasteiger partial charge is 0.0959 e. The van der Waals surface area contributed by atoms with Crippen LogP contribution in [0.2, 0.25) is 0 Å². The van der Waals surface area contributed by atoms with Crippen LogP contribution < -0.4 is 0 Å². The fourth-order valence-electron chi connectivity index (χ4n) is 1.52. The van der Waals surface area contributed by atoms with E-state index in [2.05, 4.69) is 6.92 Å². The molecule has 0 saturated carbocycles. The Bertz CT molecular complexity index is 106. The van der Waals surface area contributed by atoms with Crippen LogP contribution >= 0.6 is 0 Å². The summed E-state index contributed by atoms with van der Waals surface area (Å²) in [5.41, 5.74) is -0.172. The lowest BCUT2D eigenvalue weighted by Gasteiger charge is -2.44. The van der Waals surface area contributed by atoms with Gasteiger partial charge in [-0.05, 0) is 13.3 Å². The Morgan fingerprint density at radius 3 is 2.40 bits per heavy atom. The summed E-state index contributed by atoms with van der Waals surface area (Å²) in [6.07, 6.45) is 2.80. The Kier molecular flexibility index (Phi) is 2.32. The highest BCUT2D eigenvalue weighted by molar-refractivity contribution is 4.91. The van der Waals surface area contributed by atoms with Crippen LogP contribution in [0.3, 0.4) is 0 Å². The van der Waals surface area contributed by atoms with Crippen molar-refractivity contribution in [2.24, 2.45) is 0 Å². The lowest BCUT2D eigenvalue weighted by Crippen LogP contribution is -2.51. The molecule has 0 aromatic rings. The van der Waals surface area contributed by atoms with Crippen LogP contribution in [0, 0.1) is 0 Å². The van der Waals surface area contributed by atoms with Gasteiger partial charge < -0.3 is 9.84 Å². The third kappa shape index (κ3) is 1.18. The van der Waals surface area contributed by atoms with E-state index >= 15 is 0 Å². The summed E-state index contributed by atoms with van der Waals surface area (Å²) < 4.78 is 5.37. The average molecular weight is 144 g/mol. The monoisotopic (exact) mass is 144 g/mol. The molecule has 0 radical (unpaired) electrons. The highest BCUT2D eigenvalue weighted by atomic mass is 16.5. The van der Waals surface area contributed by atoms with Gasteiger partial charge in [0.1, 0.15) is 0 Å². The highest BCUT2D eigenvalue weighted by Gasteiger charge is 2.41. The second kappa shape index (κ2) is 2.89. The van der Waals surface area contributed by atoms with Crippen molar-refractivity contribution in [3.63, 3.8) is 0 Å². The van der Waals surface area contributed by atoms with Gasteiger partial charge in [-0.15, -0.1) is 0 Å². The maximum atomic E-state index is 9.33. The molecule has 0 bridgehead atoms. The van der Waals surface area contributed by atoms with E-state index in [1.54, 1.807) is 0 Å². The number of hydrogen-bond donors (Lipinski definition) is 1. The van der Waals surface area contributed by atoms with E-state index in [1.165, 1.54) is 0 Å². The Morgan fingerprint density at radius 2 is 2.30 bits per heavy atom. The normalized spacial score (nSPS) is 35.1. The Labute approximate surface area is 62.2 Å². The van der Waals surface area contributed by atoms with Gasteiger partial charge in [-0.3, -0.25) is 0 Å². The summed E-state index contributed by atoms with van der Waals surface area (Å²) in [5, 5.41) is 9.33. The molecule has 0 spiro atoms. The van der Waals surface area contributed by atoms with Gasteiger partial charge in [0.15, 0.2) is 0 Å². The summed E-state index contributed by atoms with van der Waals surface area (Å²) >= 11 is 0. The molecule has 10 heavy (non-hydrogen) atoms. The number of aliphatic hydroxyl groups is 1. The molecule has 0 aromatic carbocycles. The first kappa shape index (κ1) is 8.02. The van der Waals surface area contributed by atoms with Crippen LogP contribution in [0.1, 0.15) is 33.1 Å². The summed E-state index contributed by atoms with van der Waals surface area (Å²) in [4.78, 5) is 0. The lowest BCUT2D eigenvalue weighted by atomic mass is 9.85. The van der Waals surface area contributed by atoms with Crippen molar-refractivity contribution in [1.29, 1.82) is 0 Å². The minimum atomic E-state index is -0.304. The summed E-state index contributed by atoms with van der Waals surface area (Å²) in [7, 11) is 0. The molecule has 0 aromatic heterocycles. The quantitative estimate of drug-likeness (QED) is 0.647. The molecule has 0 aliphatic carbocycles. The van der Waals surface area contributed by atoms with Crippen molar-refractivity contribution < 1.29 is 9.84 Å². The Hall–Kier alpha value is -0.0800. The third-order valence-electron chi connectivity index (χ3n) is 2.35. The molecule has 1 aliphatic rings. The predicted molar refractivity (Wildman–Crippen MR) is 39.9 cm³/mol. The average Bonchev–Trinajstić information content (AvgIpc) is 1.77. The van der Waals surface area contributed by atoms with Crippen LogP contribution in [-0.4, -0.2) is 23.4 Å². The van der Waals surface area contributed by atoms with E-state index < -0.39 is 0 Å². The number of ether oxygens (including phenoxy) is 1. The van der Waals surface area contributed by atoms with Crippen molar-refractivity contribution in [3.05, 3.63) is 0 Å².